The molecule has 6 nitrogen and oxygen atoms in total. The van der Waals surface area contributed by atoms with E-state index in [1.807, 2.05) is 42.9 Å². The van der Waals surface area contributed by atoms with Crippen molar-refractivity contribution in [3.63, 3.8) is 0 Å². The van der Waals surface area contributed by atoms with E-state index in [1.54, 1.807) is 7.11 Å². The van der Waals surface area contributed by atoms with Crippen LogP contribution in [0.4, 0.5) is 0 Å². The minimum absolute atomic E-state index is 0. The summed E-state index contributed by atoms with van der Waals surface area (Å²) in [5.74, 6) is 2.36. The van der Waals surface area contributed by atoms with Crippen LogP contribution < -0.4 is 10.1 Å². The van der Waals surface area contributed by atoms with Crippen molar-refractivity contribution in [1.29, 1.82) is 0 Å². The molecular weight excluding hydrogens is 374 g/mol. The number of benzene rings is 1. The fourth-order valence-electron chi connectivity index (χ4n) is 3.79. The predicted octanol–water partition coefficient (Wildman–Crippen LogP) is 4.14. The number of halogens is 1. The maximum atomic E-state index is 5.42. The molecule has 2 aromatic heterocycles. The van der Waals surface area contributed by atoms with Gasteiger partial charge in [0.25, 0.3) is 0 Å². The topological polar surface area (TPSA) is 64.9 Å². The van der Waals surface area contributed by atoms with E-state index in [0.717, 1.165) is 48.5 Å². The number of imidazole rings is 1. The van der Waals surface area contributed by atoms with Gasteiger partial charge in [-0.15, -0.1) is 12.4 Å². The minimum atomic E-state index is 0. The van der Waals surface area contributed by atoms with Gasteiger partial charge in [0.05, 0.1) is 18.2 Å². The molecule has 0 saturated carbocycles. The maximum absolute atomic E-state index is 5.42. The number of ether oxygens (including phenoxy) is 1. The highest BCUT2D eigenvalue weighted by molar-refractivity contribution is 5.85. The number of aromatic nitrogens is 4. The summed E-state index contributed by atoms with van der Waals surface area (Å²) in [6.45, 7) is 3.28. The molecule has 7 heteroatoms. The Labute approximate surface area is 171 Å². The summed E-state index contributed by atoms with van der Waals surface area (Å²) < 4.78 is 7.70. The monoisotopic (exact) mass is 399 g/mol. The molecule has 0 radical (unpaired) electrons. The molecule has 3 heterocycles. The Balaban J connectivity index is 0.00000225. The number of hydrogen-bond donors (Lipinski definition) is 1. The molecular formula is C21H26ClN5O. The molecule has 0 unspecified atom stereocenters. The van der Waals surface area contributed by atoms with E-state index in [-0.39, 0.29) is 12.4 Å². The zero-order valence-electron chi connectivity index (χ0n) is 16.2. The van der Waals surface area contributed by atoms with Crippen LogP contribution in [0.1, 0.15) is 32.2 Å². The van der Waals surface area contributed by atoms with Crippen molar-refractivity contribution in [2.24, 2.45) is 0 Å². The van der Waals surface area contributed by atoms with Gasteiger partial charge in [0, 0.05) is 36.9 Å². The van der Waals surface area contributed by atoms with Gasteiger partial charge in [-0.25, -0.2) is 15.0 Å². The van der Waals surface area contributed by atoms with Crippen molar-refractivity contribution < 1.29 is 4.74 Å². The maximum Gasteiger partial charge on any atom is 0.162 e. The number of piperidine rings is 1. The van der Waals surface area contributed by atoms with Gasteiger partial charge < -0.3 is 14.6 Å². The Morgan fingerprint density at radius 2 is 1.96 bits per heavy atom. The van der Waals surface area contributed by atoms with E-state index >= 15 is 0 Å². The SMILES string of the molecule is CC[C@@H]1C[C@H](n2ccnc2-c2cnc(-c3ccccc3OC)nc2)CCN1.Cl. The van der Waals surface area contributed by atoms with Crippen molar-refractivity contribution in [3.8, 4) is 28.5 Å². The lowest BCUT2D eigenvalue weighted by atomic mass is 9.97. The molecule has 3 aromatic rings. The molecule has 1 fully saturated rings. The van der Waals surface area contributed by atoms with Crippen LogP contribution in [0.5, 0.6) is 5.75 Å². The lowest BCUT2D eigenvalue weighted by molar-refractivity contribution is 0.297. The molecule has 0 aliphatic carbocycles. The Bertz CT molecular complexity index is 896. The second-order valence-electron chi connectivity index (χ2n) is 6.89. The molecule has 1 saturated heterocycles. The largest absolute Gasteiger partial charge is 0.496 e. The quantitative estimate of drug-likeness (QED) is 0.698. The van der Waals surface area contributed by atoms with Crippen LogP contribution >= 0.6 is 12.4 Å². The first-order valence-electron chi connectivity index (χ1n) is 9.52. The minimum Gasteiger partial charge on any atom is -0.496 e. The molecule has 2 atom stereocenters. The van der Waals surface area contributed by atoms with Crippen LogP contribution in [0.25, 0.3) is 22.8 Å². The van der Waals surface area contributed by atoms with E-state index in [2.05, 4.69) is 38.0 Å². The molecule has 28 heavy (non-hydrogen) atoms. The van der Waals surface area contributed by atoms with Gasteiger partial charge >= 0.3 is 0 Å². The molecule has 0 spiro atoms. The van der Waals surface area contributed by atoms with Gasteiger partial charge in [-0.1, -0.05) is 19.1 Å². The third-order valence-electron chi connectivity index (χ3n) is 5.28. The average molecular weight is 400 g/mol. The molecule has 1 aliphatic rings. The molecule has 0 bridgehead atoms. The lowest BCUT2D eigenvalue weighted by Gasteiger charge is -2.31. The third kappa shape index (κ3) is 4.03. The number of methoxy groups -OCH3 is 1. The first kappa shape index (κ1) is 20.3. The first-order valence-corrected chi connectivity index (χ1v) is 9.52. The Morgan fingerprint density at radius 1 is 1.18 bits per heavy atom. The number of nitrogens with zero attached hydrogens (tertiary/aromatic N) is 4. The van der Waals surface area contributed by atoms with Crippen molar-refractivity contribution in [2.75, 3.05) is 13.7 Å². The molecule has 0 amide bonds. The summed E-state index contributed by atoms with van der Waals surface area (Å²) in [7, 11) is 1.66. The Morgan fingerprint density at radius 3 is 2.71 bits per heavy atom. The summed E-state index contributed by atoms with van der Waals surface area (Å²) >= 11 is 0. The number of hydrogen-bond acceptors (Lipinski definition) is 5. The molecule has 1 aromatic carbocycles. The van der Waals surface area contributed by atoms with Gasteiger partial charge in [0.1, 0.15) is 11.6 Å². The highest BCUT2D eigenvalue weighted by Crippen LogP contribution is 2.30. The van der Waals surface area contributed by atoms with Crippen LogP contribution in [0.2, 0.25) is 0 Å². The van der Waals surface area contributed by atoms with Crippen LogP contribution in [0, 0.1) is 0 Å². The summed E-state index contributed by atoms with van der Waals surface area (Å²) in [5, 5.41) is 3.59. The van der Waals surface area contributed by atoms with Crippen molar-refractivity contribution >= 4 is 12.4 Å². The smallest absolute Gasteiger partial charge is 0.162 e. The summed E-state index contributed by atoms with van der Waals surface area (Å²) in [6.07, 6.45) is 11.0. The van der Waals surface area contributed by atoms with E-state index in [4.69, 9.17) is 4.74 Å². The molecule has 1 aliphatic heterocycles. The zero-order chi connectivity index (χ0) is 18.6. The normalized spacial score (nSPS) is 19.1. The second kappa shape index (κ2) is 9.17. The molecule has 4 rings (SSSR count). The zero-order valence-corrected chi connectivity index (χ0v) is 17.0. The van der Waals surface area contributed by atoms with Gasteiger partial charge in [-0.2, -0.15) is 0 Å². The summed E-state index contributed by atoms with van der Waals surface area (Å²) in [4.78, 5) is 13.7. The number of para-hydroxylation sites is 1. The van der Waals surface area contributed by atoms with Gasteiger partial charge in [0.2, 0.25) is 0 Å². The Kier molecular flexibility index (Phi) is 6.65. The van der Waals surface area contributed by atoms with Gasteiger partial charge in [0.15, 0.2) is 5.82 Å². The van der Waals surface area contributed by atoms with Gasteiger partial charge in [-0.3, -0.25) is 0 Å². The summed E-state index contributed by atoms with van der Waals surface area (Å²) in [5.41, 5.74) is 1.82. The molecule has 148 valence electrons. The standard InChI is InChI=1S/C21H25N5O.ClH/c1-3-16-12-17(8-9-22-16)26-11-10-23-21(26)15-13-24-20(25-14-15)18-6-4-5-7-19(18)27-2;/h4-7,10-11,13-14,16-17,22H,3,8-9,12H2,1-2H3;1H/t16-,17-;/m1./s1. The van der Waals surface area contributed by atoms with Crippen LogP contribution in [0.3, 0.4) is 0 Å². The third-order valence-corrected chi connectivity index (χ3v) is 5.28. The average Bonchev–Trinajstić information content (AvgIpc) is 3.24. The van der Waals surface area contributed by atoms with E-state index in [0.29, 0.717) is 17.9 Å². The van der Waals surface area contributed by atoms with E-state index in [1.165, 1.54) is 0 Å². The van der Waals surface area contributed by atoms with Crippen molar-refractivity contribution in [2.45, 2.75) is 38.3 Å². The van der Waals surface area contributed by atoms with Crippen LogP contribution in [0.15, 0.2) is 49.1 Å². The Hall–Kier alpha value is -2.44. The highest BCUT2D eigenvalue weighted by atomic mass is 35.5. The van der Waals surface area contributed by atoms with E-state index in [9.17, 15) is 0 Å². The summed E-state index contributed by atoms with van der Waals surface area (Å²) in [6, 6.07) is 8.82. The van der Waals surface area contributed by atoms with Crippen molar-refractivity contribution in [1.82, 2.24) is 24.8 Å². The van der Waals surface area contributed by atoms with Crippen molar-refractivity contribution in [3.05, 3.63) is 49.1 Å². The predicted molar refractivity (Wildman–Crippen MR) is 113 cm³/mol. The number of rotatable bonds is 5. The van der Waals surface area contributed by atoms with Gasteiger partial charge in [-0.05, 0) is 37.9 Å². The fourth-order valence-corrected chi connectivity index (χ4v) is 3.79. The first-order chi connectivity index (χ1) is 13.3. The molecule has 1 N–H and O–H groups in total. The van der Waals surface area contributed by atoms with Crippen LogP contribution in [-0.4, -0.2) is 39.2 Å². The fraction of sp³-hybridized carbons (Fsp3) is 0.381. The number of nitrogens with one attached hydrogen (secondary N) is 1. The van der Waals surface area contributed by atoms with E-state index < -0.39 is 0 Å². The second-order valence-corrected chi connectivity index (χ2v) is 6.89. The highest BCUT2D eigenvalue weighted by Gasteiger charge is 2.23. The lowest BCUT2D eigenvalue weighted by Crippen LogP contribution is -2.38. The van der Waals surface area contributed by atoms with Crippen LogP contribution in [-0.2, 0) is 0 Å².